The third-order valence-corrected chi connectivity index (χ3v) is 6.33. The summed E-state index contributed by atoms with van der Waals surface area (Å²) in [4.78, 5) is 41.4. The monoisotopic (exact) mass is 504 g/mol. The van der Waals surface area contributed by atoms with Crippen molar-refractivity contribution >= 4 is 11.8 Å². The second-order valence-corrected chi connectivity index (χ2v) is 8.85. The zero-order valence-corrected chi connectivity index (χ0v) is 20.2. The Morgan fingerprint density at radius 1 is 1.11 bits per heavy atom. The van der Waals surface area contributed by atoms with Crippen LogP contribution in [0.5, 0.6) is 5.75 Å². The molecular formula is C25H27F3N4O4. The van der Waals surface area contributed by atoms with Crippen LogP contribution >= 0.6 is 0 Å². The van der Waals surface area contributed by atoms with E-state index in [1.807, 2.05) is 32.9 Å². The van der Waals surface area contributed by atoms with Gasteiger partial charge in [0.25, 0.3) is 11.8 Å². The normalized spacial score (nSPS) is 18.7. The molecule has 3 heterocycles. The molecular weight excluding hydrogens is 477 g/mol. The van der Waals surface area contributed by atoms with Crippen LogP contribution in [0.4, 0.5) is 13.2 Å². The lowest BCUT2D eigenvalue weighted by Gasteiger charge is -2.42. The zero-order chi connectivity index (χ0) is 26.1. The van der Waals surface area contributed by atoms with E-state index < -0.39 is 46.8 Å². The van der Waals surface area contributed by atoms with Crippen molar-refractivity contribution in [1.29, 1.82) is 0 Å². The molecule has 11 heteroatoms. The lowest BCUT2D eigenvalue weighted by atomic mass is 10.1. The number of carbonyl (C=O) groups is 2. The van der Waals surface area contributed by atoms with Gasteiger partial charge >= 0.3 is 0 Å². The number of ether oxygens (including phenoxy) is 1. The second kappa shape index (κ2) is 10.1. The summed E-state index contributed by atoms with van der Waals surface area (Å²) < 4.78 is 48.5. The van der Waals surface area contributed by atoms with Crippen LogP contribution in [0, 0.1) is 17.5 Å². The molecule has 0 saturated carbocycles. The molecule has 0 radical (unpaired) electrons. The number of nitrogens with zero attached hydrogens (tertiary/aromatic N) is 3. The smallest absolute Gasteiger partial charge is 0.278 e. The van der Waals surface area contributed by atoms with Crippen molar-refractivity contribution in [3.05, 3.63) is 75.0 Å². The van der Waals surface area contributed by atoms with Gasteiger partial charge in [-0.1, -0.05) is 25.5 Å². The fourth-order valence-corrected chi connectivity index (χ4v) is 4.18. The number of benzene rings is 1. The first-order valence-corrected chi connectivity index (χ1v) is 11.7. The number of nitrogens with one attached hydrogen (secondary N) is 1. The molecule has 0 saturated heterocycles. The zero-order valence-electron chi connectivity index (χ0n) is 20.2. The second-order valence-electron chi connectivity index (χ2n) is 8.85. The van der Waals surface area contributed by atoms with Crippen molar-refractivity contribution in [3.63, 3.8) is 0 Å². The third-order valence-electron chi connectivity index (χ3n) is 6.33. The highest BCUT2D eigenvalue weighted by Gasteiger charge is 2.39. The fraction of sp³-hybridized carbons (Fsp3) is 0.400. The molecule has 2 amide bonds. The van der Waals surface area contributed by atoms with Crippen LogP contribution in [-0.2, 0) is 6.54 Å². The van der Waals surface area contributed by atoms with Crippen molar-refractivity contribution in [3.8, 4) is 5.75 Å². The number of fused-ring (bicyclic) bond motifs is 4. The maximum Gasteiger partial charge on any atom is 0.278 e. The number of hydrogen-bond acceptors (Lipinski definition) is 5. The average Bonchev–Trinajstić information content (AvgIpc) is 2.95. The SMILES string of the molecule is CCCCOc1c2n(cc(C(=O)NCc3c(F)cc(F)cc3F)c1=O)N1CN(C2=O)[C@@H](C)C=C[C@@H]1C. The first kappa shape index (κ1) is 25.3. The minimum absolute atomic E-state index is 0.0110. The Labute approximate surface area is 205 Å². The van der Waals surface area contributed by atoms with Gasteiger partial charge in [0, 0.05) is 36.5 Å². The predicted octanol–water partition coefficient (Wildman–Crippen LogP) is 3.07. The number of unbranched alkanes of at least 4 members (excludes halogenated alkanes) is 1. The minimum Gasteiger partial charge on any atom is -0.487 e. The lowest BCUT2D eigenvalue weighted by Crippen LogP contribution is -2.57. The van der Waals surface area contributed by atoms with Crippen molar-refractivity contribution < 1.29 is 27.5 Å². The van der Waals surface area contributed by atoms with Crippen LogP contribution in [0.1, 0.15) is 60.0 Å². The van der Waals surface area contributed by atoms with Crippen LogP contribution in [0.3, 0.4) is 0 Å². The molecule has 8 nitrogen and oxygen atoms in total. The minimum atomic E-state index is -1.16. The van der Waals surface area contributed by atoms with Crippen LogP contribution in [-0.4, -0.2) is 46.7 Å². The van der Waals surface area contributed by atoms with Gasteiger partial charge in [-0.15, -0.1) is 0 Å². The number of aromatic nitrogens is 1. The van der Waals surface area contributed by atoms with Gasteiger partial charge in [-0.2, -0.15) is 0 Å². The Bertz CT molecular complexity index is 1270. The van der Waals surface area contributed by atoms with Gasteiger partial charge in [0.15, 0.2) is 11.4 Å². The predicted molar refractivity (Wildman–Crippen MR) is 126 cm³/mol. The number of hydrogen-bond donors (Lipinski definition) is 1. The highest BCUT2D eigenvalue weighted by molar-refractivity contribution is 5.99. The van der Waals surface area contributed by atoms with Gasteiger partial charge in [0.1, 0.15) is 29.7 Å². The Kier molecular flexibility index (Phi) is 7.09. The molecule has 1 aromatic carbocycles. The third kappa shape index (κ3) is 4.57. The first-order valence-electron chi connectivity index (χ1n) is 11.7. The molecule has 0 aliphatic carbocycles. The average molecular weight is 505 g/mol. The number of pyridine rings is 1. The van der Waals surface area contributed by atoms with Crippen molar-refractivity contribution in [2.75, 3.05) is 18.3 Å². The van der Waals surface area contributed by atoms with Gasteiger partial charge in [0.05, 0.1) is 12.6 Å². The molecule has 0 unspecified atom stereocenters. The standard InChI is InChI=1S/C25H27F3N4O4/c1-4-5-8-36-23-21-25(35)30-13-32(15(3)7-6-14(30)2)31(21)12-18(22(23)33)24(34)29-11-17-19(27)9-16(26)10-20(17)28/h6-7,9-10,12,14-15H,4-5,8,11,13H2,1-3H3,(H,29,34)/t14-,15-/m0/s1. The van der Waals surface area contributed by atoms with Crippen molar-refractivity contribution in [2.24, 2.45) is 0 Å². The van der Waals surface area contributed by atoms with Gasteiger partial charge in [-0.05, 0) is 20.3 Å². The molecule has 2 atom stereocenters. The summed E-state index contributed by atoms with van der Waals surface area (Å²) in [5.41, 5.74) is -1.70. The van der Waals surface area contributed by atoms with Crippen molar-refractivity contribution in [1.82, 2.24) is 14.9 Å². The van der Waals surface area contributed by atoms with Gasteiger partial charge in [0.2, 0.25) is 5.43 Å². The molecule has 36 heavy (non-hydrogen) atoms. The quantitative estimate of drug-likeness (QED) is 0.463. The van der Waals surface area contributed by atoms with E-state index >= 15 is 0 Å². The van der Waals surface area contributed by atoms with Crippen LogP contribution in [0.25, 0.3) is 0 Å². The summed E-state index contributed by atoms with van der Waals surface area (Å²) in [6, 6.07) is 0.601. The highest BCUT2D eigenvalue weighted by Crippen LogP contribution is 2.27. The summed E-state index contributed by atoms with van der Waals surface area (Å²) in [6.07, 6.45) is 6.45. The molecule has 0 spiro atoms. The molecule has 2 bridgehead atoms. The van der Waals surface area contributed by atoms with E-state index in [-0.39, 0.29) is 42.4 Å². The number of halogens is 3. The summed E-state index contributed by atoms with van der Waals surface area (Å²) in [7, 11) is 0. The van der Waals surface area contributed by atoms with E-state index in [4.69, 9.17) is 4.74 Å². The molecule has 2 aliphatic heterocycles. The number of rotatable bonds is 7. The van der Waals surface area contributed by atoms with E-state index in [2.05, 4.69) is 5.32 Å². The first-order chi connectivity index (χ1) is 17.1. The molecule has 1 N–H and O–H groups in total. The van der Waals surface area contributed by atoms with Crippen LogP contribution in [0.15, 0.2) is 35.3 Å². The summed E-state index contributed by atoms with van der Waals surface area (Å²) in [5, 5.41) is 4.12. The molecule has 2 aliphatic rings. The van der Waals surface area contributed by atoms with E-state index in [1.54, 1.807) is 9.91 Å². The summed E-state index contributed by atoms with van der Waals surface area (Å²) in [6.45, 7) is 5.47. The van der Waals surface area contributed by atoms with E-state index in [0.717, 1.165) is 6.42 Å². The molecule has 1 aromatic heterocycles. The van der Waals surface area contributed by atoms with E-state index in [1.165, 1.54) is 10.9 Å². The Balaban J connectivity index is 1.76. The number of carbonyl (C=O) groups excluding carboxylic acids is 2. The summed E-state index contributed by atoms with van der Waals surface area (Å²) >= 11 is 0. The maximum atomic E-state index is 14.0. The fourth-order valence-electron chi connectivity index (χ4n) is 4.18. The highest BCUT2D eigenvalue weighted by atomic mass is 19.1. The largest absolute Gasteiger partial charge is 0.487 e. The van der Waals surface area contributed by atoms with Crippen molar-refractivity contribution in [2.45, 2.75) is 52.2 Å². The van der Waals surface area contributed by atoms with Crippen LogP contribution in [0.2, 0.25) is 0 Å². The van der Waals surface area contributed by atoms with Gasteiger partial charge < -0.3 is 15.0 Å². The Morgan fingerprint density at radius 3 is 2.44 bits per heavy atom. The summed E-state index contributed by atoms with van der Waals surface area (Å²) in [5.74, 6) is -5.00. The molecule has 192 valence electrons. The number of amides is 2. The Morgan fingerprint density at radius 2 is 1.78 bits per heavy atom. The maximum absolute atomic E-state index is 14.0. The van der Waals surface area contributed by atoms with E-state index in [9.17, 15) is 27.6 Å². The van der Waals surface area contributed by atoms with Crippen LogP contribution < -0.4 is 20.5 Å². The lowest BCUT2D eigenvalue weighted by molar-refractivity contribution is 0.0650. The van der Waals surface area contributed by atoms with Gasteiger partial charge in [-0.25, -0.2) is 13.2 Å². The molecule has 4 rings (SSSR count). The topological polar surface area (TPSA) is 83.9 Å². The Hall–Kier alpha value is -3.76. The molecule has 2 aromatic rings. The van der Waals surface area contributed by atoms with E-state index in [0.29, 0.717) is 18.6 Å². The molecule has 0 fully saturated rings. The van der Waals surface area contributed by atoms with Gasteiger partial charge in [-0.3, -0.25) is 24.1 Å².